The zero-order valence-electron chi connectivity index (χ0n) is 9.05. The molecular formula is C12H21O. The highest BCUT2D eigenvalue weighted by Gasteiger charge is 2.13. The van der Waals surface area contributed by atoms with Crippen LogP contribution in [0.5, 0.6) is 0 Å². The minimum Gasteiger partial charge on any atom is -0.295 e. The molecule has 0 fully saturated rings. The summed E-state index contributed by atoms with van der Waals surface area (Å²) in [7, 11) is 0. The second-order valence-electron chi connectivity index (χ2n) is 3.69. The predicted octanol–water partition coefficient (Wildman–Crippen LogP) is 3.41. The molecule has 2 unspecified atom stereocenters. The molecule has 0 heterocycles. The van der Waals surface area contributed by atoms with E-state index in [1.165, 1.54) is 0 Å². The average Bonchev–Trinajstić information content (AvgIpc) is 2.05. The highest BCUT2D eigenvalue weighted by molar-refractivity contribution is 5.91. The third-order valence-corrected chi connectivity index (χ3v) is 2.20. The third-order valence-electron chi connectivity index (χ3n) is 2.20. The summed E-state index contributed by atoms with van der Waals surface area (Å²) in [6, 6.07) is 0. The van der Waals surface area contributed by atoms with Crippen LogP contribution in [-0.4, -0.2) is 5.78 Å². The minimum atomic E-state index is 0.130. The molecule has 0 aromatic heterocycles. The van der Waals surface area contributed by atoms with Gasteiger partial charge in [0.05, 0.1) is 0 Å². The SMILES string of the molecule is [CH2]C(CCC)CC(C)C(=O)C=CC. The number of carbonyl (C=O) groups is 1. The first-order valence-corrected chi connectivity index (χ1v) is 5.11. The summed E-state index contributed by atoms with van der Waals surface area (Å²) in [5, 5.41) is 0. The molecule has 0 aliphatic rings. The molecule has 0 bridgehead atoms. The highest BCUT2D eigenvalue weighted by atomic mass is 16.1. The number of ketones is 1. The van der Waals surface area contributed by atoms with E-state index in [1.54, 1.807) is 12.2 Å². The maximum Gasteiger partial charge on any atom is 0.158 e. The second-order valence-corrected chi connectivity index (χ2v) is 3.69. The number of hydrogen-bond acceptors (Lipinski definition) is 1. The maximum absolute atomic E-state index is 11.4. The van der Waals surface area contributed by atoms with Gasteiger partial charge in [-0.3, -0.25) is 4.79 Å². The van der Waals surface area contributed by atoms with Crippen molar-refractivity contribution in [1.82, 2.24) is 0 Å². The van der Waals surface area contributed by atoms with Crippen LogP contribution in [0.3, 0.4) is 0 Å². The second kappa shape index (κ2) is 6.88. The van der Waals surface area contributed by atoms with E-state index < -0.39 is 0 Å². The van der Waals surface area contributed by atoms with Crippen molar-refractivity contribution >= 4 is 5.78 Å². The Kier molecular flexibility index (Phi) is 6.56. The van der Waals surface area contributed by atoms with Crippen LogP contribution in [0.4, 0.5) is 0 Å². The maximum atomic E-state index is 11.4. The number of hydrogen-bond donors (Lipinski definition) is 0. The van der Waals surface area contributed by atoms with Crippen LogP contribution in [0.1, 0.15) is 40.0 Å². The summed E-state index contributed by atoms with van der Waals surface area (Å²) in [5.41, 5.74) is 0. The van der Waals surface area contributed by atoms with Crippen molar-refractivity contribution in [2.45, 2.75) is 40.0 Å². The van der Waals surface area contributed by atoms with Gasteiger partial charge in [0, 0.05) is 5.92 Å². The van der Waals surface area contributed by atoms with Gasteiger partial charge in [0.25, 0.3) is 0 Å². The largest absolute Gasteiger partial charge is 0.295 e. The third kappa shape index (κ3) is 5.62. The number of allylic oxidation sites excluding steroid dienone is 2. The Balaban J connectivity index is 3.84. The summed E-state index contributed by atoms with van der Waals surface area (Å²) in [6.45, 7) is 10.0. The fourth-order valence-electron chi connectivity index (χ4n) is 1.47. The van der Waals surface area contributed by atoms with Crippen molar-refractivity contribution in [3.05, 3.63) is 19.1 Å². The van der Waals surface area contributed by atoms with Gasteiger partial charge >= 0.3 is 0 Å². The van der Waals surface area contributed by atoms with Crippen molar-refractivity contribution in [2.75, 3.05) is 0 Å². The molecule has 0 saturated heterocycles. The van der Waals surface area contributed by atoms with Gasteiger partial charge in [-0.2, -0.15) is 0 Å². The van der Waals surface area contributed by atoms with Gasteiger partial charge < -0.3 is 0 Å². The van der Waals surface area contributed by atoms with E-state index in [0.29, 0.717) is 5.92 Å². The van der Waals surface area contributed by atoms with Crippen LogP contribution in [0.25, 0.3) is 0 Å². The molecule has 13 heavy (non-hydrogen) atoms. The van der Waals surface area contributed by atoms with Gasteiger partial charge in [-0.15, -0.1) is 0 Å². The summed E-state index contributed by atoms with van der Waals surface area (Å²) >= 11 is 0. The van der Waals surface area contributed by atoms with Crippen LogP contribution in [0.2, 0.25) is 0 Å². The van der Waals surface area contributed by atoms with Crippen molar-refractivity contribution in [1.29, 1.82) is 0 Å². The zero-order valence-corrected chi connectivity index (χ0v) is 9.05. The van der Waals surface area contributed by atoms with E-state index in [1.807, 2.05) is 13.8 Å². The number of rotatable bonds is 6. The summed E-state index contributed by atoms with van der Waals surface area (Å²) in [5.74, 6) is 0.784. The van der Waals surface area contributed by atoms with E-state index in [0.717, 1.165) is 19.3 Å². The molecule has 0 aromatic carbocycles. The van der Waals surface area contributed by atoms with Gasteiger partial charge in [0.1, 0.15) is 0 Å². The van der Waals surface area contributed by atoms with Crippen LogP contribution in [0.15, 0.2) is 12.2 Å². The molecule has 2 atom stereocenters. The molecule has 0 spiro atoms. The minimum absolute atomic E-state index is 0.130. The fourth-order valence-corrected chi connectivity index (χ4v) is 1.47. The molecule has 0 N–H and O–H groups in total. The fraction of sp³-hybridized carbons (Fsp3) is 0.667. The molecule has 1 radical (unpaired) electrons. The van der Waals surface area contributed by atoms with Crippen LogP contribution >= 0.6 is 0 Å². The van der Waals surface area contributed by atoms with Crippen molar-refractivity contribution in [3.63, 3.8) is 0 Å². The Bertz CT molecular complexity index is 170. The van der Waals surface area contributed by atoms with E-state index in [-0.39, 0.29) is 11.7 Å². The molecular weight excluding hydrogens is 160 g/mol. The number of carbonyl (C=O) groups excluding carboxylic acids is 1. The van der Waals surface area contributed by atoms with E-state index in [2.05, 4.69) is 13.8 Å². The quantitative estimate of drug-likeness (QED) is 0.574. The molecule has 0 aromatic rings. The topological polar surface area (TPSA) is 17.1 Å². The molecule has 75 valence electrons. The lowest BCUT2D eigenvalue weighted by atomic mass is 9.91. The van der Waals surface area contributed by atoms with Crippen LogP contribution in [-0.2, 0) is 4.79 Å². The first kappa shape index (κ1) is 12.4. The van der Waals surface area contributed by atoms with Gasteiger partial charge in [-0.1, -0.05) is 39.7 Å². The lowest BCUT2D eigenvalue weighted by Gasteiger charge is -2.13. The lowest BCUT2D eigenvalue weighted by molar-refractivity contribution is -0.118. The average molecular weight is 181 g/mol. The van der Waals surface area contributed by atoms with Gasteiger partial charge in [0.15, 0.2) is 5.78 Å². The molecule has 1 nitrogen and oxygen atoms in total. The molecule has 0 aliphatic carbocycles. The van der Waals surface area contributed by atoms with E-state index >= 15 is 0 Å². The Hall–Kier alpha value is -0.590. The molecule has 0 rings (SSSR count). The summed E-state index contributed by atoms with van der Waals surface area (Å²) in [6.07, 6.45) is 6.64. The first-order chi connectivity index (χ1) is 6.11. The predicted molar refractivity (Wildman–Crippen MR) is 57.4 cm³/mol. The standard InChI is InChI=1S/C12H21O/c1-5-7-10(3)9-11(4)12(13)8-6-2/h6,8,10-11H,3,5,7,9H2,1-2,4H3. The zero-order chi connectivity index (χ0) is 10.3. The Morgan fingerprint density at radius 1 is 1.54 bits per heavy atom. The lowest BCUT2D eigenvalue weighted by Crippen LogP contribution is -2.12. The van der Waals surface area contributed by atoms with Gasteiger partial charge in [-0.05, 0) is 25.3 Å². The van der Waals surface area contributed by atoms with Gasteiger partial charge in [0.2, 0.25) is 0 Å². The first-order valence-electron chi connectivity index (χ1n) is 5.11. The van der Waals surface area contributed by atoms with E-state index in [9.17, 15) is 4.79 Å². The smallest absolute Gasteiger partial charge is 0.158 e. The van der Waals surface area contributed by atoms with Crippen LogP contribution < -0.4 is 0 Å². The van der Waals surface area contributed by atoms with Gasteiger partial charge in [-0.25, -0.2) is 0 Å². The molecule has 1 heteroatoms. The van der Waals surface area contributed by atoms with Crippen molar-refractivity contribution < 1.29 is 4.79 Å². The molecule has 0 saturated carbocycles. The summed E-state index contributed by atoms with van der Waals surface area (Å²) in [4.78, 5) is 11.4. The van der Waals surface area contributed by atoms with Crippen molar-refractivity contribution in [3.8, 4) is 0 Å². The Morgan fingerprint density at radius 2 is 2.15 bits per heavy atom. The Labute approximate surface area is 82.2 Å². The van der Waals surface area contributed by atoms with Crippen molar-refractivity contribution in [2.24, 2.45) is 11.8 Å². The normalized spacial score (nSPS) is 16.0. The highest BCUT2D eigenvalue weighted by Crippen LogP contribution is 2.17. The molecule has 0 aliphatic heterocycles. The summed E-state index contributed by atoms with van der Waals surface area (Å²) < 4.78 is 0. The van der Waals surface area contributed by atoms with E-state index in [4.69, 9.17) is 0 Å². The Morgan fingerprint density at radius 3 is 2.62 bits per heavy atom. The molecule has 0 amide bonds. The van der Waals surface area contributed by atoms with Crippen LogP contribution in [0, 0.1) is 18.8 Å². The monoisotopic (exact) mass is 181 g/mol.